The van der Waals surface area contributed by atoms with Crippen molar-refractivity contribution in [3.63, 3.8) is 0 Å². The average Bonchev–Trinajstić information content (AvgIpc) is 4.26. The first-order valence-electron chi connectivity index (χ1n) is 27.8. The molecule has 376 valence electrons. The Kier molecular flexibility index (Phi) is 12.1. The zero-order valence-corrected chi connectivity index (χ0v) is 44.2. The molecule has 0 radical (unpaired) electrons. The van der Waals surface area contributed by atoms with E-state index in [4.69, 9.17) is 0 Å². The Bertz CT molecular complexity index is 4190. The molecule has 0 N–H and O–H groups in total. The monoisotopic (exact) mass is 1000 g/mol. The van der Waals surface area contributed by atoms with Gasteiger partial charge in [0, 0.05) is 78.9 Å². The Morgan fingerprint density at radius 3 is 1.40 bits per heavy atom. The minimum Gasteiger partial charge on any atom is -0.313 e. The van der Waals surface area contributed by atoms with Crippen molar-refractivity contribution in [3.05, 3.63) is 272 Å². The van der Waals surface area contributed by atoms with Gasteiger partial charge >= 0.3 is 0 Å². The van der Waals surface area contributed by atoms with Gasteiger partial charge in [-0.2, -0.15) is 0 Å². The van der Waals surface area contributed by atoms with Crippen molar-refractivity contribution < 1.29 is 0 Å². The number of anilines is 6. The van der Waals surface area contributed by atoms with E-state index in [1.54, 1.807) is 0 Å². The standard InChI is InChI=1S/C74H60N4/c1-51-25-35-64(36-26-51)78-73-48-46-66(50-70(73)68-23-14-15-52(2)74(68)78)76(61-39-29-56(30-40-61)54-18-8-4-9-19-54)63-43-33-58(34-44-63)57-31-41-62(42-32-57)75(60-37-27-55(28-38-60)53-16-6-3-7-17-53)65-45-47-72-69(49-65)67-22-12-13-24-71(67)77(72)59-20-10-5-11-21-59/h3-10,12-14,16-20,22-25,27-52H,11,15,21,26H2,1-2H3. The number of hydrogen-bond donors (Lipinski definition) is 0. The summed E-state index contributed by atoms with van der Waals surface area (Å²) < 4.78 is 5.00. The fourth-order valence-electron chi connectivity index (χ4n) is 12.3. The molecular weight excluding hydrogens is 945 g/mol. The third-order valence-corrected chi connectivity index (χ3v) is 16.3. The van der Waals surface area contributed by atoms with Crippen LogP contribution < -0.4 is 9.80 Å². The van der Waals surface area contributed by atoms with Crippen LogP contribution in [0.5, 0.6) is 0 Å². The third-order valence-electron chi connectivity index (χ3n) is 16.3. The first kappa shape index (κ1) is 47.1. The summed E-state index contributed by atoms with van der Waals surface area (Å²) in [6, 6.07) is 80.5. The molecule has 11 aromatic rings. The zero-order valence-electron chi connectivity index (χ0n) is 44.2. The molecule has 0 saturated heterocycles. The van der Waals surface area contributed by atoms with E-state index in [0.29, 0.717) is 11.8 Å². The SMILES string of the molecule is CC1C=CC(n2c3c(c4cc(N(c5ccc(-c6ccccc6)cc5)c5ccc(-c6ccc(N(c7ccc(-c8ccccc8)cc7)c7ccc8c(c7)c7ccccc7n8C7=CC=CCC7)cc6)cc5)ccc42)C=CCC3C)=CC1. The molecule has 4 heteroatoms. The second kappa shape index (κ2) is 20.0. The van der Waals surface area contributed by atoms with Gasteiger partial charge in [-0.15, -0.1) is 0 Å². The van der Waals surface area contributed by atoms with Crippen LogP contribution in [0.25, 0.3) is 83.6 Å². The van der Waals surface area contributed by atoms with E-state index < -0.39 is 0 Å². The van der Waals surface area contributed by atoms with Crippen LogP contribution in [0.15, 0.2) is 261 Å². The number of aromatic nitrogens is 2. The molecule has 3 aliphatic rings. The van der Waals surface area contributed by atoms with Crippen LogP contribution in [0.3, 0.4) is 0 Å². The van der Waals surface area contributed by atoms with Crippen LogP contribution >= 0.6 is 0 Å². The lowest BCUT2D eigenvalue weighted by Crippen LogP contribution is -2.10. The highest BCUT2D eigenvalue weighted by molar-refractivity contribution is 6.11. The summed E-state index contributed by atoms with van der Waals surface area (Å²) in [5.74, 6) is 0.968. The molecule has 9 aromatic carbocycles. The number of benzene rings is 9. The van der Waals surface area contributed by atoms with Crippen molar-refractivity contribution in [3.8, 4) is 33.4 Å². The van der Waals surface area contributed by atoms with E-state index in [-0.39, 0.29) is 0 Å². The smallest absolute Gasteiger partial charge is 0.0539 e. The van der Waals surface area contributed by atoms with Crippen molar-refractivity contribution >= 4 is 84.3 Å². The molecule has 14 rings (SSSR count). The first-order chi connectivity index (χ1) is 38.5. The van der Waals surface area contributed by atoms with Gasteiger partial charge in [-0.25, -0.2) is 0 Å². The van der Waals surface area contributed by atoms with Crippen LogP contribution in [0, 0.1) is 5.92 Å². The van der Waals surface area contributed by atoms with Gasteiger partial charge in [0.05, 0.1) is 16.6 Å². The quantitative estimate of drug-likeness (QED) is 0.128. The molecule has 0 fully saturated rings. The summed E-state index contributed by atoms with van der Waals surface area (Å²) >= 11 is 0. The molecule has 2 atom stereocenters. The molecule has 0 aliphatic heterocycles. The van der Waals surface area contributed by atoms with Gasteiger partial charge in [0.2, 0.25) is 0 Å². The fraction of sp³-hybridized carbons (Fsp3) is 0.108. The highest BCUT2D eigenvalue weighted by Crippen LogP contribution is 2.46. The van der Waals surface area contributed by atoms with Crippen LogP contribution in [0.4, 0.5) is 34.1 Å². The van der Waals surface area contributed by atoms with Crippen LogP contribution in [0.1, 0.15) is 56.7 Å². The summed E-state index contributed by atoms with van der Waals surface area (Å²) in [6.45, 7) is 4.67. The van der Waals surface area contributed by atoms with Gasteiger partial charge in [-0.05, 0) is 168 Å². The van der Waals surface area contributed by atoms with Crippen molar-refractivity contribution in [1.29, 1.82) is 0 Å². The summed E-state index contributed by atoms with van der Waals surface area (Å²) in [7, 11) is 0. The Hall–Kier alpha value is -9.38. The van der Waals surface area contributed by atoms with Crippen molar-refractivity contribution in [2.45, 2.75) is 45.4 Å². The molecule has 2 aromatic heterocycles. The molecule has 2 unspecified atom stereocenters. The minimum atomic E-state index is 0.415. The zero-order chi connectivity index (χ0) is 52.1. The highest BCUT2D eigenvalue weighted by atomic mass is 15.1. The molecular formula is C74H60N4. The Morgan fingerprint density at radius 2 is 0.885 bits per heavy atom. The van der Waals surface area contributed by atoms with Gasteiger partial charge in [0.1, 0.15) is 0 Å². The lowest BCUT2D eigenvalue weighted by atomic mass is 9.93. The van der Waals surface area contributed by atoms with Crippen LogP contribution in [0.2, 0.25) is 0 Å². The van der Waals surface area contributed by atoms with E-state index >= 15 is 0 Å². The number of hydrogen-bond acceptors (Lipinski definition) is 2. The molecule has 78 heavy (non-hydrogen) atoms. The molecule has 0 bridgehead atoms. The normalized spacial score (nSPS) is 15.9. The van der Waals surface area contributed by atoms with Gasteiger partial charge < -0.3 is 18.9 Å². The largest absolute Gasteiger partial charge is 0.313 e. The predicted molar refractivity (Wildman–Crippen MR) is 333 cm³/mol. The van der Waals surface area contributed by atoms with E-state index in [9.17, 15) is 0 Å². The van der Waals surface area contributed by atoms with E-state index in [2.05, 4.69) is 300 Å². The molecule has 4 nitrogen and oxygen atoms in total. The van der Waals surface area contributed by atoms with E-state index in [1.807, 2.05) is 0 Å². The maximum absolute atomic E-state index is 2.54. The van der Waals surface area contributed by atoms with E-state index in [1.165, 1.54) is 77.6 Å². The van der Waals surface area contributed by atoms with Crippen LogP contribution in [-0.4, -0.2) is 9.13 Å². The Morgan fingerprint density at radius 1 is 0.410 bits per heavy atom. The predicted octanol–water partition coefficient (Wildman–Crippen LogP) is 20.8. The topological polar surface area (TPSA) is 16.3 Å². The summed E-state index contributed by atoms with van der Waals surface area (Å²) in [5, 5.41) is 3.79. The van der Waals surface area contributed by atoms with E-state index in [0.717, 1.165) is 70.9 Å². The first-order valence-corrected chi connectivity index (χ1v) is 27.8. The van der Waals surface area contributed by atoms with Crippen molar-refractivity contribution in [2.75, 3.05) is 9.80 Å². The molecule has 0 saturated carbocycles. The number of fused-ring (bicyclic) bond motifs is 6. The lowest BCUT2D eigenvalue weighted by molar-refractivity contribution is 0.713. The summed E-state index contributed by atoms with van der Waals surface area (Å²) in [6.07, 6.45) is 22.7. The molecule has 3 aliphatic carbocycles. The Labute approximate surface area is 457 Å². The second-order valence-electron chi connectivity index (χ2n) is 21.3. The highest BCUT2D eigenvalue weighted by Gasteiger charge is 2.26. The minimum absolute atomic E-state index is 0.415. The number of nitrogens with zero attached hydrogens (tertiary/aromatic N) is 4. The molecule has 0 amide bonds. The average molecular weight is 1010 g/mol. The van der Waals surface area contributed by atoms with Gasteiger partial charge in [-0.3, -0.25) is 0 Å². The van der Waals surface area contributed by atoms with Gasteiger partial charge in [0.25, 0.3) is 0 Å². The summed E-state index contributed by atoms with van der Waals surface area (Å²) in [5.41, 5.74) is 22.9. The fourth-order valence-corrected chi connectivity index (χ4v) is 12.3. The maximum atomic E-state index is 2.54. The number of allylic oxidation sites excluding steroid dienone is 9. The Balaban J connectivity index is 0.837. The second-order valence-corrected chi connectivity index (χ2v) is 21.3. The molecule has 0 spiro atoms. The number of para-hydroxylation sites is 1. The number of rotatable bonds is 11. The van der Waals surface area contributed by atoms with Gasteiger partial charge in [0.15, 0.2) is 0 Å². The van der Waals surface area contributed by atoms with Crippen LogP contribution in [-0.2, 0) is 0 Å². The maximum Gasteiger partial charge on any atom is 0.0539 e. The van der Waals surface area contributed by atoms with Crippen molar-refractivity contribution in [2.24, 2.45) is 5.92 Å². The summed E-state index contributed by atoms with van der Waals surface area (Å²) in [4.78, 5) is 4.82. The van der Waals surface area contributed by atoms with Crippen molar-refractivity contribution in [1.82, 2.24) is 9.13 Å². The lowest BCUT2D eigenvalue weighted by Gasteiger charge is -2.27. The third kappa shape index (κ3) is 8.51. The van der Waals surface area contributed by atoms with Gasteiger partial charge in [-0.1, -0.05) is 178 Å². The molecule has 2 heterocycles.